The fraction of sp³-hybridized carbons (Fsp3) is 0.562. The van der Waals surface area contributed by atoms with Gasteiger partial charge in [0.15, 0.2) is 5.11 Å². The Bertz CT molecular complexity index is 493. The first kappa shape index (κ1) is 17.1. The number of nitrogens with one attached hydrogen (secondary N) is 1. The van der Waals surface area contributed by atoms with Crippen LogP contribution in [0.25, 0.3) is 0 Å². The molecule has 1 aromatic rings. The average Bonchev–Trinajstić information content (AvgIpc) is 2.48. The van der Waals surface area contributed by atoms with Gasteiger partial charge in [-0.3, -0.25) is 0 Å². The van der Waals surface area contributed by atoms with Crippen LogP contribution in [0, 0.1) is 0 Å². The number of nitrogens with zero attached hydrogens (tertiary/aromatic N) is 1. The van der Waals surface area contributed by atoms with Gasteiger partial charge >= 0.3 is 6.18 Å². The second-order valence-electron chi connectivity index (χ2n) is 5.84. The van der Waals surface area contributed by atoms with Crippen molar-refractivity contribution in [1.82, 2.24) is 10.2 Å². The number of hydrogen-bond acceptors (Lipinski definition) is 1. The summed E-state index contributed by atoms with van der Waals surface area (Å²) in [5, 5.41) is 4.01. The summed E-state index contributed by atoms with van der Waals surface area (Å²) >= 11 is 5.38. The van der Waals surface area contributed by atoms with Crippen molar-refractivity contribution in [3.05, 3.63) is 35.4 Å². The summed E-state index contributed by atoms with van der Waals surface area (Å²) in [7, 11) is 1.86. The number of hydrogen-bond donors (Lipinski definition) is 1. The normalized spacial score (nSPS) is 16.4. The lowest BCUT2D eigenvalue weighted by Crippen LogP contribution is -2.43. The number of alkyl halides is 3. The zero-order valence-electron chi connectivity index (χ0n) is 12.6. The second kappa shape index (κ2) is 7.31. The van der Waals surface area contributed by atoms with Crippen molar-refractivity contribution < 1.29 is 13.2 Å². The topological polar surface area (TPSA) is 15.3 Å². The van der Waals surface area contributed by atoms with Crippen LogP contribution in [0.1, 0.15) is 43.2 Å². The van der Waals surface area contributed by atoms with E-state index >= 15 is 0 Å². The Balaban J connectivity index is 1.87. The molecule has 22 heavy (non-hydrogen) atoms. The Morgan fingerprint density at radius 2 is 1.77 bits per heavy atom. The van der Waals surface area contributed by atoms with E-state index in [0.29, 0.717) is 17.7 Å². The Hall–Kier alpha value is -1.30. The van der Waals surface area contributed by atoms with Crippen LogP contribution < -0.4 is 5.32 Å². The Labute approximate surface area is 134 Å². The van der Waals surface area contributed by atoms with Crippen LogP contribution in [0.15, 0.2) is 24.3 Å². The van der Waals surface area contributed by atoms with Gasteiger partial charge in [-0.1, -0.05) is 31.4 Å². The monoisotopic (exact) mass is 330 g/mol. The number of halogens is 3. The molecule has 0 unspecified atom stereocenters. The van der Waals surface area contributed by atoms with Crippen LogP contribution >= 0.6 is 12.2 Å². The van der Waals surface area contributed by atoms with Gasteiger partial charge in [0.1, 0.15) is 0 Å². The van der Waals surface area contributed by atoms with Gasteiger partial charge < -0.3 is 10.2 Å². The maximum Gasteiger partial charge on any atom is 0.416 e. The van der Waals surface area contributed by atoms with Crippen molar-refractivity contribution >= 4 is 17.3 Å². The molecule has 0 amide bonds. The van der Waals surface area contributed by atoms with E-state index < -0.39 is 11.7 Å². The summed E-state index contributed by atoms with van der Waals surface area (Å²) < 4.78 is 37.6. The van der Waals surface area contributed by atoms with Gasteiger partial charge in [-0.2, -0.15) is 13.2 Å². The van der Waals surface area contributed by atoms with Gasteiger partial charge in [0.05, 0.1) is 5.56 Å². The van der Waals surface area contributed by atoms with Crippen LogP contribution in [0.2, 0.25) is 0 Å². The fourth-order valence-electron chi connectivity index (χ4n) is 2.68. The van der Waals surface area contributed by atoms with Crippen molar-refractivity contribution in [2.75, 3.05) is 7.05 Å². The van der Waals surface area contributed by atoms with E-state index in [2.05, 4.69) is 5.32 Å². The molecular formula is C16H21F3N2S. The van der Waals surface area contributed by atoms with Gasteiger partial charge in [0.2, 0.25) is 0 Å². The molecule has 0 radical (unpaired) electrons. The summed E-state index contributed by atoms with van der Waals surface area (Å²) in [5.41, 5.74) is 0.185. The van der Waals surface area contributed by atoms with Crippen molar-refractivity contribution in [1.29, 1.82) is 0 Å². The van der Waals surface area contributed by atoms with Crippen molar-refractivity contribution in [3.63, 3.8) is 0 Å². The first-order chi connectivity index (χ1) is 10.4. The zero-order chi connectivity index (χ0) is 16.2. The molecule has 2 rings (SSSR count). The highest BCUT2D eigenvalue weighted by Gasteiger charge is 2.29. The molecule has 0 bridgehead atoms. The van der Waals surface area contributed by atoms with Gasteiger partial charge in [-0.05, 0) is 42.8 Å². The Morgan fingerprint density at radius 1 is 1.18 bits per heavy atom. The third-order valence-electron chi connectivity index (χ3n) is 3.98. The van der Waals surface area contributed by atoms with Crippen LogP contribution in [0.4, 0.5) is 13.2 Å². The molecule has 0 heterocycles. The third-order valence-corrected chi connectivity index (χ3v) is 4.41. The van der Waals surface area contributed by atoms with Crippen molar-refractivity contribution in [3.8, 4) is 0 Å². The largest absolute Gasteiger partial charge is 0.416 e. The van der Waals surface area contributed by atoms with E-state index in [9.17, 15) is 13.2 Å². The van der Waals surface area contributed by atoms with Crippen LogP contribution in [0.3, 0.4) is 0 Å². The van der Waals surface area contributed by atoms with Crippen LogP contribution in [-0.4, -0.2) is 23.1 Å². The molecule has 1 fully saturated rings. The third kappa shape index (κ3) is 4.87. The van der Waals surface area contributed by atoms with E-state index in [1.165, 1.54) is 31.4 Å². The smallest absolute Gasteiger partial charge is 0.360 e. The Morgan fingerprint density at radius 3 is 2.32 bits per heavy atom. The second-order valence-corrected chi connectivity index (χ2v) is 6.22. The number of benzene rings is 1. The summed E-state index contributed by atoms with van der Waals surface area (Å²) in [6.45, 7) is 0.497. The zero-order valence-corrected chi connectivity index (χ0v) is 13.4. The average molecular weight is 330 g/mol. The highest BCUT2D eigenvalue weighted by molar-refractivity contribution is 7.80. The SMILES string of the molecule is CN(Cc1ccc(C(F)(F)F)cc1)C(=S)NC1CCCCC1. The number of thiocarbonyl (C=S) groups is 1. The van der Waals surface area contributed by atoms with Crippen LogP contribution in [0.5, 0.6) is 0 Å². The molecule has 1 aliphatic carbocycles. The molecule has 6 heteroatoms. The molecule has 1 aliphatic rings. The maximum atomic E-state index is 12.5. The first-order valence-electron chi connectivity index (χ1n) is 7.54. The van der Waals surface area contributed by atoms with Gasteiger partial charge in [0, 0.05) is 19.6 Å². The summed E-state index contributed by atoms with van der Waals surface area (Å²) in [6, 6.07) is 5.66. The highest BCUT2D eigenvalue weighted by Crippen LogP contribution is 2.29. The molecule has 0 saturated heterocycles. The predicted octanol–water partition coefficient (Wildman–Crippen LogP) is 4.34. The lowest BCUT2D eigenvalue weighted by atomic mass is 9.96. The van der Waals surface area contributed by atoms with E-state index in [4.69, 9.17) is 12.2 Å². The summed E-state index contributed by atoms with van der Waals surface area (Å²) in [4.78, 5) is 1.87. The Kier molecular flexibility index (Phi) is 5.67. The number of rotatable bonds is 3. The fourth-order valence-corrected chi connectivity index (χ4v) is 2.91. The lowest BCUT2D eigenvalue weighted by molar-refractivity contribution is -0.137. The molecule has 0 atom stereocenters. The van der Waals surface area contributed by atoms with E-state index in [-0.39, 0.29) is 0 Å². The first-order valence-corrected chi connectivity index (χ1v) is 7.95. The molecule has 0 spiro atoms. The summed E-state index contributed by atoms with van der Waals surface area (Å²) in [6.07, 6.45) is 1.71. The van der Waals surface area contributed by atoms with Crippen LogP contribution in [-0.2, 0) is 12.7 Å². The molecule has 2 nitrogen and oxygen atoms in total. The van der Waals surface area contributed by atoms with Gasteiger partial charge in [-0.15, -0.1) is 0 Å². The van der Waals surface area contributed by atoms with E-state index in [0.717, 1.165) is 30.5 Å². The maximum absolute atomic E-state index is 12.5. The minimum atomic E-state index is -4.29. The molecule has 1 aromatic carbocycles. The molecule has 0 aliphatic heterocycles. The molecule has 0 aromatic heterocycles. The molecule has 1 N–H and O–H groups in total. The minimum absolute atomic E-state index is 0.427. The molecular weight excluding hydrogens is 309 g/mol. The van der Waals surface area contributed by atoms with Gasteiger partial charge in [-0.25, -0.2) is 0 Å². The minimum Gasteiger partial charge on any atom is -0.360 e. The summed E-state index contributed by atoms with van der Waals surface area (Å²) in [5.74, 6) is 0. The predicted molar refractivity (Wildman–Crippen MR) is 85.5 cm³/mol. The standard InChI is InChI=1S/C16H21F3N2S/c1-21(15(22)20-14-5-3-2-4-6-14)11-12-7-9-13(10-8-12)16(17,18)19/h7-10,14H,2-6,11H2,1H3,(H,20,22). The quantitative estimate of drug-likeness (QED) is 0.830. The van der Waals surface area contributed by atoms with Gasteiger partial charge in [0.25, 0.3) is 0 Å². The van der Waals surface area contributed by atoms with E-state index in [1.54, 1.807) is 0 Å². The molecule has 122 valence electrons. The molecule has 1 saturated carbocycles. The van der Waals surface area contributed by atoms with Crippen molar-refractivity contribution in [2.24, 2.45) is 0 Å². The lowest BCUT2D eigenvalue weighted by Gasteiger charge is -2.28. The van der Waals surface area contributed by atoms with Crippen molar-refractivity contribution in [2.45, 2.75) is 50.9 Å². The highest BCUT2D eigenvalue weighted by atomic mass is 32.1. The van der Waals surface area contributed by atoms with E-state index in [1.807, 2.05) is 11.9 Å².